The summed E-state index contributed by atoms with van der Waals surface area (Å²) in [6, 6.07) is 6.14. The van der Waals surface area contributed by atoms with Gasteiger partial charge in [0.15, 0.2) is 0 Å². The molecule has 1 nitrogen and oxygen atoms in total. The number of nitrogens with zero attached hydrogens (tertiary/aromatic N) is 1. The molecule has 0 N–H and O–H groups in total. The van der Waals surface area contributed by atoms with Gasteiger partial charge in [0.05, 0.1) is 0 Å². The van der Waals surface area contributed by atoms with Gasteiger partial charge in [-0.2, -0.15) is 0 Å². The molecule has 1 aromatic rings. The van der Waals surface area contributed by atoms with Crippen molar-refractivity contribution in [2.45, 2.75) is 37.8 Å². The predicted molar refractivity (Wildman–Crippen MR) is 67.4 cm³/mol. The van der Waals surface area contributed by atoms with Gasteiger partial charge < -0.3 is 0 Å². The van der Waals surface area contributed by atoms with Gasteiger partial charge in [-0.05, 0) is 0 Å². The molecule has 1 aliphatic rings. The molecular formula is C15H18NTi. The van der Waals surface area contributed by atoms with Crippen LogP contribution in [0.2, 0.25) is 3.72 Å². The Morgan fingerprint density at radius 3 is 2.35 bits per heavy atom. The molecule has 1 unspecified atom stereocenters. The van der Waals surface area contributed by atoms with Gasteiger partial charge in [-0.3, -0.25) is 0 Å². The Hall–Kier alpha value is -0.656. The Bertz CT molecular complexity index is 495. The van der Waals surface area contributed by atoms with Crippen LogP contribution in [0.15, 0.2) is 46.7 Å². The normalized spacial score (nSPS) is 24.6. The zero-order valence-corrected chi connectivity index (χ0v) is 12.5. The first-order valence-electron chi connectivity index (χ1n) is 5.98. The molecule has 0 spiro atoms. The summed E-state index contributed by atoms with van der Waals surface area (Å²) in [6.45, 7) is 9.05. The van der Waals surface area contributed by atoms with Crippen LogP contribution in [0.5, 0.6) is 0 Å². The number of aromatic nitrogens is 1. The number of pyridine rings is 1. The Labute approximate surface area is 115 Å². The van der Waals surface area contributed by atoms with Gasteiger partial charge in [0.25, 0.3) is 0 Å². The summed E-state index contributed by atoms with van der Waals surface area (Å²) in [5.41, 5.74) is 7.10. The Morgan fingerprint density at radius 1 is 1.18 bits per heavy atom. The minimum absolute atomic E-state index is 0.186. The summed E-state index contributed by atoms with van der Waals surface area (Å²) in [5, 5.41) is 0. The molecule has 1 atom stereocenters. The third-order valence-electron chi connectivity index (χ3n) is 4.02. The molecular weight excluding hydrogens is 242 g/mol. The SMILES string of the molecule is CC1=C(C)[C](C)([Ti])C(Cc2ccccn2)=C1C. The topological polar surface area (TPSA) is 12.9 Å². The van der Waals surface area contributed by atoms with Crippen LogP contribution in [-0.2, 0) is 26.9 Å². The van der Waals surface area contributed by atoms with Gasteiger partial charge in [-0.15, -0.1) is 0 Å². The van der Waals surface area contributed by atoms with Gasteiger partial charge in [0.1, 0.15) is 0 Å². The van der Waals surface area contributed by atoms with E-state index in [4.69, 9.17) is 0 Å². The van der Waals surface area contributed by atoms with Crippen LogP contribution in [0.1, 0.15) is 33.4 Å². The molecule has 1 heterocycles. The molecule has 0 saturated heterocycles. The molecule has 1 aromatic heterocycles. The maximum atomic E-state index is 4.44. The molecule has 0 radical (unpaired) electrons. The molecule has 1 aliphatic carbocycles. The average molecular weight is 260 g/mol. The molecule has 0 bridgehead atoms. The quantitative estimate of drug-likeness (QED) is 0.732. The molecule has 0 saturated carbocycles. The van der Waals surface area contributed by atoms with Crippen molar-refractivity contribution < 1.29 is 20.4 Å². The summed E-state index contributed by atoms with van der Waals surface area (Å²) < 4.78 is 0.186. The van der Waals surface area contributed by atoms with Gasteiger partial charge >= 0.3 is 116 Å². The number of allylic oxidation sites excluding steroid dienone is 4. The number of hydrogen-bond acceptors (Lipinski definition) is 1. The van der Waals surface area contributed by atoms with Crippen LogP contribution in [0.25, 0.3) is 0 Å². The van der Waals surface area contributed by atoms with Gasteiger partial charge in [0, 0.05) is 0 Å². The third kappa shape index (κ3) is 2.19. The summed E-state index contributed by atoms with van der Waals surface area (Å²) in [7, 11) is 0. The third-order valence-corrected chi connectivity index (χ3v) is 5.07. The van der Waals surface area contributed by atoms with E-state index in [0.29, 0.717) is 0 Å². The van der Waals surface area contributed by atoms with Crippen molar-refractivity contribution in [3.05, 3.63) is 52.4 Å². The first kappa shape index (κ1) is 12.8. The van der Waals surface area contributed by atoms with Gasteiger partial charge in [0.2, 0.25) is 0 Å². The van der Waals surface area contributed by atoms with E-state index in [1.165, 1.54) is 22.3 Å². The molecule has 0 fully saturated rings. The van der Waals surface area contributed by atoms with E-state index in [-0.39, 0.29) is 3.72 Å². The van der Waals surface area contributed by atoms with E-state index in [1.54, 1.807) is 0 Å². The van der Waals surface area contributed by atoms with E-state index in [0.717, 1.165) is 12.1 Å². The Kier molecular flexibility index (Phi) is 3.42. The van der Waals surface area contributed by atoms with Crippen molar-refractivity contribution in [2.24, 2.45) is 0 Å². The second-order valence-corrected chi connectivity index (χ2v) is 6.54. The first-order valence-corrected chi connectivity index (χ1v) is 6.76. The predicted octanol–water partition coefficient (Wildman–Crippen LogP) is 4.02. The van der Waals surface area contributed by atoms with Crippen LogP contribution < -0.4 is 0 Å². The van der Waals surface area contributed by atoms with Crippen LogP contribution in [-0.4, -0.2) is 4.98 Å². The second kappa shape index (κ2) is 4.55. The maximum absolute atomic E-state index is 4.44. The molecule has 2 heteroatoms. The van der Waals surface area contributed by atoms with E-state index >= 15 is 0 Å². The summed E-state index contributed by atoms with van der Waals surface area (Å²) in [6.07, 6.45) is 2.84. The average Bonchev–Trinajstić information content (AvgIpc) is 2.46. The first-order chi connectivity index (χ1) is 7.94. The van der Waals surface area contributed by atoms with Crippen LogP contribution in [0.4, 0.5) is 0 Å². The molecule has 2 rings (SSSR count). The number of rotatable bonds is 2. The Morgan fingerprint density at radius 2 is 1.88 bits per heavy atom. The molecule has 87 valence electrons. The van der Waals surface area contributed by atoms with Crippen LogP contribution >= 0.6 is 0 Å². The monoisotopic (exact) mass is 260 g/mol. The van der Waals surface area contributed by atoms with E-state index in [1.807, 2.05) is 12.3 Å². The fourth-order valence-electron chi connectivity index (χ4n) is 2.48. The number of hydrogen-bond donors (Lipinski definition) is 0. The van der Waals surface area contributed by atoms with Crippen molar-refractivity contribution in [1.82, 2.24) is 4.98 Å². The summed E-state index contributed by atoms with van der Waals surface area (Å²) in [5.74, 6) is 0. The summed E-state index contributed by atoms with van der Waals surface area (Å²) >= 11 is 2.32. The van der Waals surface area contributed by atoms with Crippen molar-refractivity contribution in [3.63, 3.8) is 0 Å². The van der Waals surface area contributed by atoms with E-state index in [2.05, 4.69) is 65.2 Å². The zero-order valence-electron chi connectivity index (χ0n) is 11.0. The van der Waals surface area contributed by atoms with Crippen LogP contribution in [0.3, 0.4) is 0 Å². The molecule has 0 aromatic carbocycles. The molecule has 0 amide bonds. The van der Waals surface area contributed by atoms with E-state index < -0.39 is 0 Å². The second-order valence-electron chi connectivity index (χ2n) is 4.98. The fraction of sp³-hybridized carbons (Fsp3) is 0.400. The standard InChI is InChI=1S/C15H18N.Ti/c1-10-11(2)13(4)15(12(10)3)9-14-7-5-6-8-16-14;/h5-8H,9H2,1-4H3;. The molecule has 0 aliphatic heterocycles. The van der Waals surface area contributed by atoms with Crippen molar-refractivity contribution in [1.29, 1.82) is 0 Å². The van der Waals surface area contributed by atoms with Crippen LogP contribution in [0, 0.1) is 0 Å². The molecule has 17 heavy (non-hydrogen) atoms. The summed E-state index contributed by atoms with van der Waals surface area (Å²) in [4.78, 5) is 4.44. The Balaban J connectivity index is 2.36. The fourth-order valence-corrected chi connectivity index (χ4v) is 3.20. The van der Waals surface area contributed by atoms with Gasteiger partial charge in [-0.1, -0.05) is 0 Å². The van der Waals surface area contributed by atoms with Gasteiger partial charge in [-0.25, -0.2) is 0 Å². The van der Waals surface area contributed by atoms with E-state index in [9.17, 15) is 0 Å². The van der Waals surface area contributed by atoms with Crippen molar-refractivity contribution in [2.75, 3.05) is 0 Å². The zero-order chi connectivity index (χ0) is 12.6. The minimum atomic E-state index is 0.186. The van der Waals surface area contributed by atoms with Crippen molar-refractivity contribution in [3.8, 4) is 0 Å². The van der Waals surface area contributed by atoms with Crippen molar-refractivity contribution >= 4 is 0 Å².